The van der Waals surface area contributed by atoms with Crippen LogP contribution in [-0.2, 0) is 22.7 Å². The van der Waals surface area contributed by atoms with Crippen LogP contribution in [0.1, 0.15) is 43.4 Å². The molecule has 32 heavy (non-hydrogen) atoms. The third kappa shape index (κ3) is 5.26. The molecular formula is C25H32N4O3. The van der Waals surface area contributed by atoms with Gasteiger partial charge in [-0.05, 0) is 50.2 Å². The molecule has 3 heterocycles. The average Bonchev–Trinajstić information content (AvgIpc) is 2.98. The van der Waals surface area contributed by atoms with Crippen molar-refractivity contribution in [1.29, 1.82) is 0 Å². The van der Waals surface area contributed by atoms with Crippen molar-refractivity contribution < 1.29 is 9.59 Å². The van der Waals surface area contributed by atoms with Crippen molar-refractivity contribution in [2.75, 3.05) is 19.6 Å². The third-order valence-electron chi connectivity index (χ3n) is 6.78. The maximum atomic E-state index is 13.4. The summed E-state index contributed by atoms with van der Waals surface area (Å²) in [6.45, 7) is 4.53. The fourth-order valence-electron chi connectivity index (χ4n) is 4.98. The number of benzene rings is 1. The van der Waals surface area contributed by atoms with Crippen molar-refractivity contribution >= 4 is 11.8 Å². The van der Waals surface area contributed by atoms with Crippen LogP contribution in [0.4, 0.5) is 0 Å². The molecule has 0 saturated carbocycles. The number of hydrogen-bond acceptors (Lipinski definition) is 4. The normalized spacial score (nSPS) is 20.3. The van der Waals surface area contributed by atoms with E-state index in [4.69, 9.17) is 0 Å². The highest BCUT2D eigenvalue weighted by atomic mass is 16.2. The van der Waals surface area contributed by atoms with Gasteiger partial charge in [-0.15, -0.1) is 0 Å². The Hall–Kier alpha value is -2.96. The largest absolute Gasteiger partial charge is 0.341 e. The standard InChI is InChI=1S/C25H32N4O3/c1-19-10-11-23(30)29(26-19)18-24(31)27-15-12-21(13-16-27)22-9-5-6-14-28(25(22)32)17-20-7-3-2-4-8-20/h2-4,7-8,10-11,21-22H,5-6,9,12-18H2,1H3. The number of amides is 2. The van der Waals surface area contributed by atoms with E-state index in [0.717, 1.165) is 38.6 Å². The lowest BCUT2D eigenvalue weighted by atomic mass is 9.81. The molecule has 2 aliphatic heterocycles. The zero-order valence-corrected chi connectivity index (χ0v) is 18.8. The van der Waals surface area contributed by atoms with Gasteiger partial charge < -0.3 is 9.80 Å². The van der Waals surface area contributed by atoms with Gasteiger partial charge >= 0.3 is 0 Å². The summed E-state index contributed by atoms with van der Waals surface area (Å²) >= 11 is 0. The predicted octanol–water partition coefficient (Wildman–Crippen LogP) is 2.62. The van der Waals surface area contributed by atoms with E-state index in [1.54, 1.807) is 13.0 Å². The van der Waals surface area contributed by atoms with Crippen LogP contribution in [0.3, 0.4) is 0 Å². The SMILES string of the molecule is Cc1ccc(=O)n(CC(=O)N2CCC(C3CCCCN(Cc4ccccc4)C3=O)CC2)n1. The van der Waals surface area contributed by atoms with Crippen LogP contribution in [0.2, 0.25) is 0 Å². The highest BCUT2D eigenvalue weighted by Crippen LogP contribution is 2.32. The first-order valence-corrected chi connectivity index (χ1v) is 11.7. The summed E-state index contributed by atoms with van der Waals surface area (Å²) in [7, 11) is 0. The second kappa shape index (κ2) is 10.1. The summed E-state index contributed by atoms with van der Waals surface area (Å²) < 4.78 is 1.24. The van der Waals surface area contributed by atoms with Gasteiger partial charge in [0.1, 0.15) is 6.54 Å². The van der Waals surface area contributed by atoms with Gasteiger partial charge in [-0.3, -0.25) is 14.4 Å². The van der Waals surface area contributed by atoms with Crippen LogP contribution in [0.25, 0.3) is 0 Å². The van der Waals surface area contributed by atoms with Gasteiger partial charge in [0.25, 0.3) is 5.56 Å². The molecule has 2 saturated heterocycles. The lowest BCUT2D eigenvalue weighted by Gasteiger charge is -2.36. The van der Waals surface area contributed by atoms with E-state index < -0.39 is 0 Å². The second-order valence-electron chi connectivity index (χ2n) is 9.04. The molecule has 4 rings (SSSR count). The molecule has 7 nitrogen and oxygen atoms in total. The minimum absolute atomic E-state index is 0.0294. The maximum absolute atomic E-state index is 13.4. The highest BCUT2D eigenvalue weighted by molar-refractivity contribution is 5.79. The smallest absolute Gasteiger partial charge is 0.267 e. The molecule has 1 unspecified atom stereocenters. The van der Waals surface area contributed by atoms with E-state index in [9.17, 15) is 14.4 Å². The lowest BCUT2D eigenvalue weighted by molar-refractivity contribution is -0.139. The van der Waals surface area contributed by atoms with Gasteiger partial charge in [0.15, 0.2) is 0 Å². The van der Waals surface area contributed by atoms with Crippen molar-refractivity contribution in [3.63, 3.8) is 0 Å². The van der Waals surface area contributed by atoms with Crippen LogP contribution in [0.15, 0.2) is 47.3 Å². The van der Waals surface area contributed by atoms with Gasteiger partial charge in [0.05, 0.1) is 5.69 Å². The van der Waals surface area contributed by atoms with Crippen LogP contribution >= 0.6 is 0 Å². The summed E-state index contributed by atoms with van der Waals surface area (Å²) in [4.78, 5) is 41.9. The Morgan fingerprint density at radius 2 is 1.72 bits per heavy atom. The Morgan fingerprint density at radius 3 is 2.47 bits per heavy atom. The van der Waals surface area contributed by atoms with E-state index in [0.29, 0.717) is 31.2 Å². The number of nitrogens with zero attached hydrogens (tertiary/aromatic N) is 4. The summed E-state index contributed by atoms with van der Waals surface area (Å²) in [5, 5.41) is 4.17. The monoisotopic (exact) mass is 436 g/mol. The predicted molar refractivity (Wildman–Crippen MR) is 122 cm³/mol. The first kappa shape index (κ1) is 22.2. The zero-order valence-electron chi connectivity index (χ0n) is 18.8. The first-order chi connectivity index (χ1) is 15.5. The number of carbonyl (C=O) groups excluding carboxylic acids is 2. The number of carbonyl (C=O) groups is 2. The van der Waals surface area contributed by atoms with Crippen molar-refractivity contribution in [1.82, 2.24) is 19.6 Å². The molecule has 2 aromatic rings. The fraction of sp³-hybridized carbons (Fsp3) is 0.520. The molecule has 0 aliphatic carbocycles. The Morgan fingerprint density at radius 1 is 0.969 bits per heavy atom. The van der Waals surface area contributed by atoms with Gasteiger partial charge in [0.2, 0.25) is 11.8 Å². The minimum atomic E-state index is -0.263. The van der Waals surface area contributed by atoms with Gasteiger partial charge in [-0.25, -0.2) is 4.68 Å². The molecule has 2 aliphatic rings. The second-order valence-corrected chi connectivity index (χ2v) is 9.04. The summed E-state index contributed by atoms with van der Waals surface area (Å²) in [5.74, 6) is 0.537. The number of aryl methyl sites for hydroxylation is 1. The molecule has 170 valence electrons. The fourth-order valence-corrected chi connectivity index (χ4v) is 4.98. The molecule has 0 N–H and O–H groups in total. The van der Waals surface area contributed by atoms with Crippen LogP contribution in [-0.4, -0.2) is 51.0 Å². The number of hydrogen-bond donors (Lipinski definition) is 0. The molecular weight excluding hydrogens is 404 g/mol. The minimum Gasteiger partial charge on any atom is -0.341 e. The van der Waals surface area contributed by atoms with Crippen molar-refractivity contribution in [3.8, 4) is 0 Å². The quantitative estimate of drug-likeness (QED) is 0.722. The molecule has 2 amide bonds. The lowest BCUT2D eigenvalue weighted by Crippen LogP contribution is -2.45. The molecule has 1 atom stereocenters. The van der Waals surface area contributed by atoms with Crippen molar-refractivity contribution in [2.24, 2.45) is 11.8 Å². The number of likely N-dealkylation sites (tertiary alicyclic amines) is 2. The van der Waals surface area contributed by atoms with Gasteiger partial charge in [-0.1, -0.05) is 36.8 Å². The molecule has 0 spiro atoms. The van der Waals surface area contributed by atoms with Gasteiger partial charge in [-0.2, -0.15) is 5.10 Å². The van der Waals surface area contributed by atoms with Crippen LogP contribution in [0, 0.1) is 18.8 Å². The highest BCUT2D eigenvalue weighted by Gasteiger charge is 2.35. The van der Waals surface area contributed by atoms with E-state index in [1.807, 2.05) is 28.0 Å². The molecule has 0 radical (unpaired) electrons. The molecule has 2 fully saturated rings. The van der Waals surface area contributed by atoms with E-state index in [-0.39, 0.29) is 29.8 Å². The number of piperidine rings is 1. The summed E-state index contributed by atoms with van der Waals surface area (Å²) in [6.07, 6.45) is 4.72. The van der Waals surface area contributed by atoms with Crippen LogP contribution in [0.5, 0.6) is 0 Å². The van der Waals surface area contributed by atoms with Crippen molar-refractivity contribution in [3.05, 3.63) is 64.1 Å². The first-order valence-electron chi connectivity index (χ1n) is 11.7. The van der Waals surface area contributed by atoms with Crippen molar-refractivity contribution in [2.45, 2.75) is 52.1 Å². The Labute approximate surface area is 189 Å². The zero-order chi connectivity index (χ0) is 22.5. The Balaban J connectivity index is 1.35. The Bertz CT molecular complexity index is 996. The molecule has 1 aromatic carbocycles. The summed E-state index contributed by atoms with van der Waals surface area (Å²) in [5.41, 5.74) is 1.62. The third-order valence-corrected chi connectivity index (χ3v) is 6.78. The Kier molecular flexibility index (Phi) is 7.02. The number of aromatic nitrogens is 2. The molecule has 7 heteroatoms. The number of rotatable bonds is 5. The average molecular weight is 437 g/mol. The summed E-state index contributed by atoms with van der Waals surface area (Å²) in [6, 6.07) is 13.3. The van der Waals surface area contributed by atoms with E-state index in [1.165, 1.54) is 16.3 Å². The van der Waals surface area contributed by atoms with E-state index >= 15 is 0 Å². The molecule has 0 bridgehead atoms. The molecule has 1 aromatic heterocycles. The van der Waals surface area contributed by atoms with Gasteiger partial charge in [0, 0.05) is 38.2 Å². The van der Waals surface area contributed by atoms with E-state index in [2.05, 4.69) is 17.2 Å². The van der Waals surface area contributed by atoms with Crippen LogP contribution < -0.4 is 5.56 Å². The topological polar surface area (TPSA) is 75.5 Å². The maximum Gasteiger partial charge on any atom is 0.267 e.